The van der Waals surface area contributed by atoms with E-state index in [0.717, 1.165) is 6.54 Å². The van der Waals surface area contributed by atoms with Crippen LogP contribution in [0.2, 0.25) is 0 Å². The van der Waals surface area contributed by atoms with Gasteiger partial charge in [0.1, 0.15) is 5.01 Å². The first-order chi connectivity index (χ1) is 7.27. The van der Waals surface area contributed by atoms with Gasteiger partial charge in [0.25, 0.3) is 0 Å². The fourth-order valence-electron chi connectivity index (χ4n) is 2.22. The van der Waals surface area contributed by atoms with Crippen molar-refractivity contribution in [1.82, 2.24) is 9.88 Å². The van der Waals surface area contributed by atoms with Crippen molar-refractivity contribution in [1.29, 1.82) is 0 Å². The van der Waals surface area contributed by atoms with Crippen LogP contribution < -0.4 is 0 Å². The number of alkyl halides is 1. The molecule has 15 heavy (non-hydrogen) atoms. The molecule has 0 bridgehead atoms. The number of rotatable bonds is 3. The highest BCUT2D eigenvalue weighted by atomic mass is 79.9. The molecule has 1 aromatic rings. The highest BCUT2D eigenvalue weighted by molar-refractivity contribution is 9.09. The monoisotopic (exact) mass is 288 g/mol. The van der Waals surface area contributed by atoms with Gasteiger partial charge < -0.3 is 0 Å². The predicted molar refractivity (Wildman–Crippen MR) is 68.6 cm³/mol. The Morgan fingerprint density at radius 2 is 2.33 bits per heavy atom. The second-order valence-corrected chi connectivity index (χ2v) is 6.36. The van der Waals surface area contributed by atoms with Gasteiger partial charge in [0.05, 0.1) is 6.54 Å². The number of thiazole rings is 1. The molecule has 0 radical (unpaired) electrons. The molecule has 0 spiro atoms. The minimum Gasteiger partial charge on any atom is -0.296 e. The quantitative estimate of drug-likeness (QED) is 0.794. The molecule has 2 unspecified atom stereocenters. The number of hydrogen-bond acceptors (Lipinski definition) is 3. The van der Waals surface area contributed by atoms with Crippen molar-refractivity contribution in [2.45, 2.75) is 43.1 Å². The highest BCUT2D eigenvalue weighted by Gasteiger charge is 2.26. The van der Waals surface area contributed by atoms with Gasteiger partial charge in [0.2, 0.25) is 0 Å². The lowest BCUT2D eigenvalue weighted by Crippen LogP contribution is -2.40. The second-order valence-electron chi connectivity index (χ2n) is 4.21. The zero-order valence-electron chi connectivity index (χ0n) is 9.03. The van der Waals surface area contributed by atoms with Gasteiger partial charge in [-0.15, -0.1) is 11.3 Å². The van der Waals surface area contributed by atoms with E-state index in [1.165, 1.54) is 30.7 Å². The van der Waals surface area contributed by atoms with Crippen LogP contribution in [0.1, 0.15) is 30.7 Å². The molecular formula is C11H17BrN2S. The Kier molecular flexibility index (Phi) is 4.17. The third-order valence-corrected chi connectivity index (χ3v) is 4.91. The molecule has 1 aliphatic carbocycles. The van der Waals surface area contributed by atoms with Crippen LogP contribution in [0, 0.1) is 0 Å². The zero-order valence-corrected chi connectivity index (χ0v) is 11.4. The van der Waals surface area contributed by atoms with Gasteiger partial charge in [-0.3, -0.25) is 4.90 Å². The fourth-order valence-corrected chi connectivity index (χ4v) is 3.89. The van der Waals surface area contributed by atoms with E-state index in [4.69, 9.17) is 0 Å². The maximum absolute atomic E-state index is 4.34. The first kappa shape index (κ1) is 11.6. The SMILES string of the molecule is CN(Cc1nccs1)C1CCCCC1Br. The fraction of sp³-hybridized carbons (Fsp3) is 0.727. The van der Waals surface area contributed by atoms with Crippen LogP contribution in [0.15, 0.2) is 11.6 Å². The van der Waals surface area contributed by atoms with Crippen molar-refractivity contribution >= 4 is 27.3 Å². The first-order valence-electron chi connectivity index (χ1n) is 5.50. The van der Waals surface area contributed by atoms with Crippen LogP contribution in [0.25, 0.3) is 0 Å². The van der Waals surface area contributed by atoms with E-state index in [2.05, 4.69) is 38.2 Å². The van der Waals surface area contributed by atoms with Gasteiger partial charge in [-0.25, -0.2) is 4.98 Å². The van der Waals surface area contributed by atoms with E-state index in [1.807, 2.05) is 6.20 Å². The normalized spacial score (nSPS) is 27.1. The number of halogens is 1. The molecule has 0 N–H and O–H groups in total. The smallest absolute Gasteiger partial charge is 0.107 e. The summed E-state index contributed by atoms with van der Waals surface area (Å²) in [4.78, 5) is 7.44. The Labute approximate surface area is 104 Å². The van der Waals surface area contributed by atoms with E-state index in [9.17, 15) is 0 Å². The van der Waals surface area contributed by atoms with Gasteiger partial charge in [-0.05, 0) is 19.9 Å². The maximum atomic E-state index is 4.34. The predicted octanol–water partition coefficient (Wildman–Crippen LogP) is 3.28. The van der Waals surface area contributed by atoms with Gasteiger partial charge in [0, 0.05) is 22.4 Å². The molecule has 84 valence electrons. The Balaban J connectivity index is 1.91. The topological polar surface area (TPSA) is 16.1 Å². The van der Waals surface area contributed by atoms with Gasteiger partial charge in [-0.1, -0.05) is 28.8 Å². The lowest BCUT2D eigenvalue weighted by Gasteiger charge is -2.34. The first-order valence-corrected chi connectivity index (χ1v) is 7.29. The number of aromatic nitrogens is 1. The summed E-state index contributed by atoms with van der Waals surface area (Å²) in [7, 11) is 2.21. The summed E-state index contributed by atoms with van der Waals surface area (Å²) in [6.45, 7) is 0.991. The summed E-state index contributed by atoms with van der Waals surface area (Å²) in [5, 5.41) is 3.28. The van der Waals surface area contributed by atoms with Gasteiger partial charge in [0.15, 0.2) is 0 Å². The Hall–Kier alpha value is 0.0700. The summed E-state index contributed by atoms with van der Waals surface area (Å²) < 4.78 is 0. The molecule has 2 atom stereocenters. The van der Waals surface area contributed by atoms with Crippen molar-refractivity contribution in [3.05, 3.63) is 16.6 Å². The van der Waals surface area contributed by atoms with Gasteiger partial charge >= 0.3 is 0 Å². The average molecular weight is 289 g/mol. The summed E-state index contributed by atoms with van der Waals surface area (Å²) in [6.07, 6.45) is 7.26. The Bertz CT molecular complexity index is 289. The van der Waals surface area contributed by atoms with Crippen molar-refractivity contribution < 1.29 is 0 Å². The molecule has 2 nitrogen and oxygen atoms in total. The molecule has 1 fully saturated rings. The van der Waals surface area contributed by atoms with Crippen LogP contribution >= 0.6 is 27.3 Å². The van der Waals surface area contributed by atoms with E-state index < -0.39 is 0 Å². The molecule has 1 heterocycles. The zero-order chi connectivity index (χ0) is 10.7. The summed E-state index contributed by atoms with van der Waals surface area (Å²) in [6, 6.07) is 0.683. The molecule has 0 amide bonds. The third-order valence-electron chi connectivity index (χ3n) is 3.08. The molecule has 2 rings (SSSR count). The Morgan fingerprint density at radius 3 is 3.00 bits per heavy atom. The summed E-state index contributed by atoms with van der Waals surface area (Å²) in [5.74, 6) is 0. The molecule has 0 aromatic carbocycles. The van der Waals surface area contributed by atoms with Gasteiger partial charge in [-0.2, -0.15) is 0 Å². The second kappa shape index (κ2) is 5.41. The van der Waals surface area contributed by atoms with Crippen molar-refractivity contribution in [3.8, 4) is 0 Å². The minimum absolute atomic E-state index is 0.663. The lowest BCUT2D eigenvalue weighted by molar-refractivity contribution is 0.193. The van der Waals surface area contributed by atoms with Crippen molar-refractivity contribution in [2.75, 3.05) is 7.05 Å². The minimum atomic E-state index is 0.663. The van der Waals surface area contributed by atoms with Crippen LogP contribution in [0.5, 0.6) is 0 Å². The number of hydrogen-bond donors (Lipinski definition) is 0. The van der Waals surface area contributed by atoms with E-state index >= 15 is 0 Å². The van der Waals surface area contributed by atoms with Crippen LogP contribution in [0.4, 0.5) is 0 Å². The third kappa shape index (κ3) is 3.02. The van der Waals surface area contributed by atoms with E-state index in [0.29, 0.717) is 10.9 Å². The largest absolute Gasteiger partial charge is 0.296 e. The molecule has 1 aromatic heterocycles. The van der Waals surface area contributed by atoms with Crippen LogP contribution in [0.3, 0.4) is 0 Å². The number of nitrogens with zero attached hydrogens (tertiary/aromatic N) is 2. The lowest BCUT2D eigenvalue weighted by atomic mass is 9.94. The molecule has 1 aliphatic rings. The summed E-state index contributed by atoms with van der Waals surface area (Å²) >= 11 is 5.55. The Morgan fingerprint density at radius 1 is 1.53 bits per heavy atom. The maximum Gasteiger partial charge on any atom is 0.107 e. The van der Waals surface area contributed by atoms with Crippen LogP contribution in [-0.2, 0) is 6.54 Å². The van der Waals surface area contributed by atoms with Crippen molar-refractivity contribution in [2.24, 2.45) is 0 Å². The molecule has 0 saturated heterocycles. The molecule has 4 heteroatoms. The highest BCUT2D eigenvalue weighted by Crippen LogP contribution is 2.28. The molecular weight excluding hydrogens is 272 g/mol. The van der Waals surface area contributed by atoms with E-state index in [-0.39, 0.29) is 0 Å². The summed E-state index contributed by atoms with van der Waals surface area (Å²) in [5.41, 5.74) is 0. The van der Waals surface area contributed by atoms with Crippen LogP contribution in [-0.4, -0.2) is 27.8 Å². The standard InChI is InChI=1S/C11H17BrN2S/c1-14(8-11-13-6-7-15-11)10-5-3-2-4-9(10)12/h6-7,9-10H,2-5,8H2,1H3. The molecule has 1 saturated carbocycles. The van der Waals surface area contributed by atoms with E-state index in [1.54, 1.807) is 11.3 Å². The molecule has 0 aliphatic heterocycles. The van der Waals surface area contributed by atoms with Crippen molar-refractivity contribution in [3.63, 3.8) is 0 Å². The average Bonchev–Trinajstić information content (AvgIpc) is 2.71.